The van der Waals surface area contributed by atoms with Crippen LogP contribution in [0.25, 0.3) is 5.82 Å². The summed E-state index contributed by atoms with van der Waals surface area (Å²) >= 11 is 9.36. The van der Waals surface area contributed by atoms with E-state index >= 15 is 0 Å². The molecule has 0 saturated carbocycles. The average Bonchev–Trinajstić information content (AvgIpc) is 3.05. The summed E-state index contributed by atoms with van der Waals surface area (Å²) in [5, 5.41) is 7.24. The molecule has 0 bridgehead atoms. The molecule has 3 aromatic rings. The highest BCUT2D eigenvalue weighted by Gasteiger charge is 2.11. The van der Waals surface area contributed by atoms with Crippen molar-refractivity contribution in [3.63, 3.8) is 0 Å². The van der Waals surface area contributed by atoms with E-state index in [0.717, 1.165) is 4.47 Å². The van der Waals surface area contributed by atoms with E-state index in [-0.39, 0.29) is 5.91 Å². The highest BCUT2D eigenvalue weighted by molar-refractivity contribution is 9.10. The van der Waals surface area contributed by atoms with Gasteiger partial charge < -0.3 is 5.32 Å². The minimum atomic E-state index is -0.292. The summed E-state index contributed by atoms with van der Waals surface area (Å²) < 4.78 is 2.42. The Balaban J connectivity index is 1.78. The van der Waals surface area contributed by atoms with Crippen LogP contribution in [0, 0.1) is 0 Å². The van der Waals surface area contributed by atoms with Gasteiger partial charge in [-0.1, -0.05) is 27.5 Å². The predicted molar refractivity (Wildman–Crippen MR) is 88.5 cm³/mol. The number of rotatable bonds is 3. The molecule has 0 aliphatic rings. The van der Waals surface area contributed by atoms with Crippen molar-refractivity contribution in [2.45, 2.75) is 0 Å². The van der Waals surface area contributed by atoms with Crippen molar-refractivity contribution >= 4 is 39.1 Å². The van der Waals surface area contributed by atoms with E-state index in [1.807, 2.05) is 6.07 Å². The lowest BCUT2D eigenvalue weighted by atomic mass is 10.2. The number of benzene rings is 1. The normalized spacial score (nSPS) is 10.5. The van der Waals surface area contributed by atoms with Crippen LogP contribution in [-0.4, -0.2) is 20.7 Å². The summed E-state index contributed by atoms with van der Waals surface area (Å²) in [7, 11) is 0. The average molecular weight is 378 g/mol. The highest BCUT2D eigenvalue weighted by Crippen LogP contribution is 2.22. The Labute approximate surface area is 140 Å². The summed E-state index contributed by atoms with van der Waals surface area (Å²) in [6.45, 7) is 0. The molecule has 1 aromatic carbocycles. The van der Waals surface area contributed by atoms with E-state index in [1.165, 1.54) is 0 Å². The first-order valence-electron chi connectivity index (χ1n) is 6.36. The van der Waals surface area contributed by atoms with Gasteiger partial charge >= 0.3 is 0 Å². The van der Waals surface area contributed by atoms with E-state index < -0.39 is 0 Å². The van der Waals surface area contributed by atoms with Crippen LogP contribution in [0.3, 0.4) is 0 Å². The van der Waals surface area contributed by atoms with Crippen LogP contribution in [0.15, 0.2) is 59.5 Å². The molecule has 22 heavy (non-hydrogen) atoms. The zero-order valence-electron chi connectivity index (χ0n) is 11.2. The number of carbonyl (C=O) groups excluding carboxylic acids is 1. The van der Waals surface area contributed by atoms with E-state index in [4.69, 9.17) is 11.6 Å². The zero-order chi connectivity index (χ0) is 15.5. The molecule has 0 aliphatic heterocycles. The fourth-order valence-electron chi connectivity index (χ4n) is 1.87. The van der Waals surface area contributed by atoms with Crippen LogP contribution in [0.2, 0.25) is 5.02 Å². The van der Waals surface area contributed by atoms with Gasteiger partial charge in [0.15, 0.2) is 5.82 Å². The van der Waals surface area contributed by atoms with Gasteiger partial charge in [0.1, 0.15) is 0 Å². The Morgan fingerprint density at radius 1 is 1.27 bits per heavy atom. The fourth-order valence-corrected chi connectivity index (χ4v) is 2.43. The number of pyridine rings is 1. The molecule has 7 heteroatoms. The smallest absolute Gasteiger partial charge is 0.257 e. The fraction of sp³-hybridized carbons (Fsp3) is 0. The van der Waals surface area contributed by atoms with E-state index in [2.05, 4.69) is 31.3 Å². The molecule has 0 radical (unpaired) electrons. The third-order valence-electron chi connectivity index (χ3n) is 2.92. The second kappa shape index (κ2) is 6.29. The monoisotopic (exact) mass is 376 g/mol. The molecular weight excluding hydrogens is 368 g/mol. The molecule has 110 valence electrons. The number of hydrogen-bond donors (Lipinski definition) is 1. The molecule has 0 aliphatic carbocycles. The first-order valence-corrected chi connectivity index (χ1v) is 7.53. The maximum Gasteiger partial charge on any atom is 0.257 e. The van der Waals surface area contributed by atoms with Gasteiger partial charge in [-0.2, -0.15) is 5.10 Å². The second-order valence-electron chi connectivity index (χ2n) is 4.43. The largest absolute Gasteiger partial charge is 0.321 e. The van der Waals surface area contributed by atoms with Crippen molar-refractivity contribution in [3.05, 3.63) is 70.0 Å². The number of halogens is 2. The van der Waals surface area contributed by atoms with Gasteiger partial charge in [-0.05, 0) is 36.4 Å². The summed E-state index contributed by atoms with van der Waals surface area (Å²) in [5.41, 5.74) is 0.976. The molecule has 0 saturated heterocycles. The first-order chi connectivity index (χ1) is 10.6. The van der Waals surface area contributed by atoms with Crippen LogP contribution >= 0.6 is 27.5 Å². The summed E-state index contributed by atoms with van der Waals surface area (Å²) in [5.74, 6) is 0.378. The van der Waals surface area contributed by atoms with Crippen LogP contribution < -0.4 is 5.32 Å². The number of aromatic nitrogens is 3. The number of carbonyl (C=O) groups is 1. The van der Waals surface area contributed by atoms with Gasteiger partial charge in [-0.25, -0.2) is 9.67 Å². The van der Waals surface area contributed by atoms with E-state index in [0.29, 0.717) is 22.1 Å². The van der Waals surface area contributed by atoms with Crippen LogP contribution in [0.1, 0.15) is 10.4 Å². The van der Waals surface area contributed by atoms with Crippen LogP contribution in [-0.2, 0) is 0 Å². The lowest BCUT2D eigenvalue weighted by Crippen LogP contribution is -2.13. The maximum absolute atomic E-state index is 12.2. The van der Waals surface area contributed by atoms with Gasteiger partial charge in [0.25, 0.3) is 5.91 Å². The second-order valence-corrected chi connectivity index (χ2v) is 5.76. The molecule has 2 aromatic heterocycles. The minimum absolute atomic E-state index is 0.292. The Bertz CT molecular complexity index is 803. The van der Waals surface area contributed by atoms with Gasteiger partial charge in [0.05, 0.1) is 22.5 Å². The molecule has 3 rings (SSSR count). The third-order valence-corrected chi connectivity index (χ3v) is 3.74. The number of nitrogens with one attached hydrogen (secondary N) is 1. The van der Waals surface area contributed by atoms with Crippen LogP contribution in [0.4, 0.5) is 5.69 Å². The van der Waals surface area contributed by atoms with Crippen LogP contribution in [0.5, 0.6) is 0 Å². The van der Waals surface area contributed by atoms with Crippen molar-refractivity contribution in [3.8, 4) is 5.82 Å². The number of nitrogens with zero attached hydrogens (tertiary/aromatic N) is 3. The van der Waals surface area contributed by atoms with Crippen molar-refractivity contribution in [1.82, 2.24) is 14.8 Å². The molecule has 0 spiro atoms. The quantitative estimate of drug-likeness (QED) is 0.752. The predicted octanol–water partition coefficient (Wildman–Crippen LogP) is 3.94. The Kier molecular flexibility index (Phi) is 4.22. The SMILES string of the molecule is O=C(Nc1ccc(-n2cccn2)nc1)c1cc(Br)ccc1Cl. The lowest BCUT2D eigenvalue weighted by molar-refractivity contribution is 0.102. The Morgan fingerprint density at radius 3 is 2.82 bits per heavy atom. The summed E-state index contributed by atoms with van der Waals surface area (Å²) in [4.78, 5) is 16.5. The number of amides is 1. The van der Waals surface area contributed by atoms with Crippen molar-refractivity contribution in [2.24, 2.45) is 0 Å². The van der Waals surface area contributed by atoms with Gasteiger partial charge in [0, 0.05) is 16.9 Å². The zero-order valence-corrected chi connectivity index (χ0v) is 13.5. The van der Waals surface area contributed by atoms with E-state index in [9.17, 15) is 4.79 Å². The van der Waals surface area contributed by atoms with Gasteiger partial charge in [0.2, 0.25) is 0 Å². The molecule has 0 unspecified atom stereocenters. The Hall–Kier alpha value is -2.18. The molecule has 1 amide bonds. The van der Waals surface area contributed by atoms with Gasteiger partial charge in [-0.3, -0.25) is 4.79 Å². The molecular formula is C15H10BrClN4O. The molecule has 0 fully saturated rings. The third kappa shape index (κ3) is 3.18. The Morgan fingerprint density at radius 2 is 2.14 bits per heavy atom. The lowest BCUT2D eigenvalue weighted by Gasteiger charge is -2.08. The summed E-state index contributed by atoms with van der Waals surface area (Å²) in [6.07, 6.45) is 5.04. The van der Waals surface area contributed by atoms with Crippen molar-refractivity contribution in [1.29, 1.82) is 0 Å². The number of anilines is 1. The highest BCUT2D eigenvalue weighted by atomic mass is 79.9. The minimum Gasteiger partial charge on any atom is -0.321 e. The van der Waals surface area contributed by atoms with Crippen molar-refractivity contribution in [2.75, 3.05) is 5.32 Å². The van der Waals surface area contributed by atoms with Gasteiger partial charge in [-0.15, -0.1) is 0 Å². The first kappa shape index (κ1) is 14.7. The topological polar surface area (TPSA) is 59.8 Å². The van der Waals surface area contributed by atoms with Crippen molar-refractivity contribution < 1.29 is 4.79 Å². The summed E-state index contributed by atoms with van der Waals surface area (Å²) in [6, 6.07) is 10.5. The standard InChI is InChI=1S/C15H10BrClN4O/c16-10-2-4-13(17)12(8-10)15(22)20-11-3-5-14(18-9-11)21-7-1-6-19-21/h1-9H,(H,20,22). The molecule has 0 atom stereocenters. The van der Waals surface area contributed by atoms with E-state index in [1.54, 1.807) is 53.6 Å². The number of hydrogen-bond acceptors (Lipinski definition) is 3. The molecule has 1 N–H and O–H groups in total. The maximum atomic E-state index is 12.2. The molecule has 5 nitrogen and oxygen atoms in total. The molecule has 2 heterocycles.